The third-order valence-electron chi connectivity index (χ3n) is 2.29. The average Bonchev–Trinajstić information content (AvgIpc) is 2.73. The molecule has 4 heteroatoms. The molecule has 56 valence electrons. The summed E-state index contributed by atoms with van der Waals surface area (Å²) in [7, 11) is 0.00824. The standard InChI is InChI=1S/C6H12BNOS/c7-8-10(9,5-1-2-5)6-3-4-6/h5-6H,1-4,7H2. The van der Waals surface area contributed by atoms with E-state index in [0.717, 1.165) is 25.7 Å². The van der Waals surface area contributed by atoms with Crippen molar-refractivity contribution >= 4 is 17.7 Å². The molecule has 0 aromatic carbocycles. The highest BCUT2D eigenvalue weighted by molar-refractivity contribution is 7.95. The zero-order chi connectivity index (χ0) is 7.19. The first kappa shape index (κ1) is 6.71. The summed E-state index contributed by atoms with van der Waals surface area (Å²) in [6, 6.07) is 0. The lowest BCUT2D eigenvalue weighted by atomic mass is 10.5. The van der Waals surface area contributed by atoms with Crippen LogP contribution in [0.5, 0.6) is 0 Å². The third-order valence-corrected chi connectivity index (χ3v) is 5.71. The maximum absolute atomic E-state index is 11.9. The summed E-state index contributed by atoms with van der Waals surface area (Å²) in [5, 5.41) is 0.954. The lowest BCUT2D eigenvalue weighted by Crippen LogP contribution is -2.11. The summed E-state index contributed by atoms with van der Waals surface area (Å²) in [5.74, 6) is 0. The highest BCUT2D eigenvalue weighted by atomic mass is 32.2. The van der Waals surface area contributed by atoms with Crippen molar-refractivity contribution in [2.45, 2.75) is 36.2 Å². The number of hydrogen-bond donors (Lipinski definition) is 0. The quantitative estimate of drug-likeness (QED) is 0.531. The molecule has 10 heavy (non-hydrogen) atoms. The summed E-state index contributed by atoms with van der Waals surface area (Å²) < 4.78 is 16.0. The molecule has 0 unspecified atom stereocenters. The molecule has 2 aliphatic carbocycles. The van der Waals surface area contributed by atoms with Crippen molar-refractivity contribution in [1.82, 2.24) is 0 Å². The van der Waals surface area contributed by atoms with E-state index in [1.54, 1.807) is 7.98 Å². The minimum atomic E-state index is -1.71. The molecule has 0 aromatic heterocycles. The Kier molecular flexibility index (Phi) is 1.34. The van der Waals surface area contributed by atoms with E-state index < -0.39 is 9.73 Å². The molecule has 0 atom stereocenters. The van der Waals surface area contributed by atoms with Crippen molar-refractivity contribution in [3.8, 4) is 0 Å². The van der Waals surface area contributed by atoms with E-state index in [-0.39, 0.29) is 0 Å². The van der Waals surface area contributed by atoms with Crippen LogP contribution in [0.15, 0.2) is 4.27 Å². The molecule has 0 radical (unpaired) electrons. The van der Waals surface area contributed by atoms with Gasteiger partial charge in [-0.3, -0.25) is 4.21 Å². The highest BCUT2D eigenvalue weighted by Crippen LogP contribution is 2.41. The van der Waals surface area contributed by atoms with Crippen LogP contribution in [-0.2, 0) is 9.73 Å². The molecular formula is C6H12BNOS. The fraction of sp³-hybridized carbons (Fsp3) is 1.00. The Morgan fingerprint density at radius 3 is 1.80 bits per heavy atom. The second kappa shape index (κ2) is 2.00. The highest BCUT2D eigenvalue weighted by Gasteiger charge is 2.43. The van der Waals surface area contributed by atoms with E-state index in [1.807, 2.05) is 0 Å². The first-order chi connectivity index (χ1) is 4.77. The Labute approximate surface area is 63.0 Å². The first-order valence-corrected chi connectivity index (χ1v) is 5.54. The minimum Gasteiger partial charge on any atom is -0.308 e. The summed E-state index contributed by atoms with van der Waals surface area (Å²) in [4.78, 5) is 0. The molecule has 0 N–H and O–H groups in total. The molecular weight excluding hydrogens is 145 g/mol. The zero-order valence-electron chi connectivity index (χ0n) is 6.25. The van der Waals surface area contributed by atoms with Crippen molar-refractivity contribution in [2.24, 2.45) is 4.27 Å². The second-order valence-electron chi connectivity index (χ2n) is 3.20. The fourth-order valence-corrected chi connectivity index (χ4v) is 4.15. The molecule has 2 saturated carbocycles. The number of rotatable bonds is 2. The smallest absolute Gasteiger partial charge is 0.257 e. The lowest BCUT2D eigenvalue weighted by molar-refractivity contribution is 0.675. The minimum absolute atomic E-state index is 0.477. The lowest BCUT2D eigenvalue weighted by Gasteiger charge is -2.04. The van der Waals surface area contributed by atoms with E-state index in [2.05, 4.69) is 4.27 Å². The van der Waals surface area contributed by atoms with Crippen LogP contribution >= 0.6 is 0 Å². The molecule has 2 nitrogen and oxygen atoms in total. The van der Waals surface area contributed by atoms with E-state index in [0.29, 0.717) is 10.5 Å². The van der Waals surface area contributed by atoms with Crippen molar-refractivity contribution in [3.05, 3.63) is 0 Å². The summed E-state index contributed by atoms with van der Waals surface area (Å²) in [6.07, 6.45) is 4.64. The molecule has 0 aromatic rings. The van der Waals surface area contributed by atoms with E-state index in [1.165, 1.54) is 0 Å². The van der Waals surface area contributed by atoms with Crippen LogP contribution in [0.4, 0.5) is 0 Å². The van der Waals surface area contributed by atoms with Crippen LogP contribution in [-0.4, -0.2) is 22.7 Å². The van der Waals surface area contributed by atoms with Gasteiger partial charge in [0, 0.05) is 20.2 Å². The third kappa shape index (κ3) is 0.893. The molecule has 0 amide bonds. The summed E-state index contributed by atoms with van der Waals surface area (Å²) in [5.41, 5.74) is 0. The monoisotopic (exact) mass is 157 g/mol. The van der Waals surface area contributed by atoms with Gasteiger partial charge in [0.25, 0.3) is 7.98 Å². The van der Waals surface area contributed by atoms with Gasteiger partial charge in [-0.15, -0.1) is 0 Å². The summed E-state index contributed by atoms with van der Waals surface area (Å²) in [6.45, 7) is 0. The second-order valence-corrected chi connectivity index (χ2v) is 6.12. The Morgan fingerprint density at radius 1 is 1.20 bits per heavy atom. The number of nitrogens with zero attached hydrogens (tertiary/aromatic N) is 1. The van der Waals surface area contributed by atoms with Crippen molar-refractivity contribution < 1.29 is 4.21 Å². The van der Waals surface area contributed by atoms with Crippen molar-refractivity contribution in [2.75, 3.05) is 0 Å². The molecule has 0 bridgehead atoms. The Morgan fingerprint density at radius 2 is 1.60 bits per heavy atom. The predicted molar refractivity (Wildman–Crippen MR) is 45.2 cm³/mol. The Bertz CT molecular complexity index is 230. The van der Waals surface area contributed by atoms with E-state index in [9.17, 15) is 4.21 Å². The van der Waals surface area contributed by atoms with Crippen molar-refractivity contribution in [1.29, 1.82) is 0 Å². The van der Waals surface area contributed by atoms with Gasteiger partial charge in [0.15, 0.2) is 0 Å². The van der Waals surface area contributed by atoms with Gasteiger partial charge in [0.2, 0.25) is 0 Å². The first-order valence-electron chi connectivity index (χ1n) is 3.90. The number of hydrogen-bond acceptors (Lipinski definition) is 2. The van der Waals surface area contributed by atoms with Crippen LogP contribution in [0, 0.1) is 0 Å². The molecule has 2 fully saturated rings. The topological polar surface area (TPSA) is 29.4 Å². The maximum Gasteiger partial charge on any atom is 0.257 e. The average molecular weight is 157 g/mol. The molecule has 0 aliphatic heterocycles. The van der Waals surface area contributed by atoms with Crippen molar-refractivity contribution in [3.63, 3.8) is 0 Å². The van der Waals surface area contributed by atoms with Gasteiger partial charge >= 0.3 is 0 Å². The van der Waals surface area contributed by atoms with Crippen LogP contribution in [0.2, 0.25) is 0 Å². The Balaban J connectivity index is 2.28. The normalized spacial score (nSPS) is 26.4. The summed E-state index contributed by atoms with van der Waals surface area (Å²) >= 11 is 0. The zero-order valence-corrected chi connectivity index (χ0v) is 7.06. The van der Waals surface area contributed by atoms with E-state index >= 15 is 0 Å². The largest absolute Gasteiger partial charge is 0.308 e. The van der Waals surface area contributed by atoms with Crippen LogP contribution in [0.1, 0.15) is 25.7 Å². The van der Waals surface area contributed by atoms with E-state index in [4.69, 9.17) is 0 Å². The van der Waals surface area contributed by atoms with Gasteiger partial charge < -0.3 is 4.27 Å². The van der Waals surface area contributed by atoms with Crippen LogP contribution < -0.4 is 0 Å². The van der Waals surface area contributed by atoms with Crippen LogP contribution in [0.25, 0.3) is 0 Å². The molecule has 2 aliphatic rings. The molecule has 0 heterocycles. The molecule has 2 rings (SSSR count). The predicted octanol–water partition coefficient (Wildman–Crippen LogP) is 0.327. The van der Waals surface area contributed by atoms with Gasteiger partial charge in [-0.05, 0) is 25.7 Å². The SMILES string of the molecule is BN=S(=O)(C1CC1)C1CC1. The van der Waals surface area contributed by atoms with Gasteiger partial charge in [-0.2, -0.15) is 0 Å². The van der Waals surface area contributed by atoms with Crippen LogP contribution in [0.3, 0.4) is 0 Å². The van der Waals surface area contributed by atoms with Gasteiger partial charge in [0.1, 0.15) is 0 Å². The van der Waals surface area contributed by atoms with Gasteiger partial charge in [-0.1, -0.05) is 0 Å². The fourth-order valence-electron chi connectivity index (χ4n) is 1.38. The molecule has 0 saturated heterocycles. The van der Waals surface area contributed by atoms with Gasteiger partial charge in [-0.25, -0.2) is 0 Å². The molecule has 0 spiro atoms. The Hall–Kier alpha value is 0.0149. The maximum atomic E-state index is 11.9. The van der Waals surface area contributed by atoms with Gasteiger partial charge in [0.05, 0.1) is 0 Å².